The molecule has 0 aromatic heterocycles. The van der Waals surface area contributed by atoms with Crippen molar-refractivity contribution in [1.82, 2.24) is 10.6 Å². The second-order valence-corrected chi connectivity index (χ2v) is 9.48. The van der Waals surface area contributed by atoms with E-state index in [1.807, 2.05) is 35.7 Å². The number of benzene rings is 1. The lowest BCUT2D eigenvalue weighted by atomic mass is 9.96. The van der Waals surface area contributed by atoms with Crippen LogP contribution in [0.5, 0.6) is 0 Å². The average molecular weight is 451 g/mol. The van der Waals surface area contributed by atoms with Crippen LogP contribution in [0.3, 0.4) is 0 Å². The van der Waals surface area contributed by atoms with Crippen molar-refractivity contribution >= 4 is 35.4 Å². The first kappa shape index (κ1) is 23.9. The highest BCUT2D eigenvalue weighted by Crippen LogP contribution is 2.45. The summed E-state index contributed by atoms with van der Waals surface area (Å²) in [7, 11) is 0. The van der Waals surface area contributed by atoms with Gasteiger partial charge in [-0.3, -0.25) is 4.79 Å². The van der Waals surface area contributed by atoms with Crippen molar-refractivity contribution in [2.45, 2.75) is 30.0 Å². The van der Waals surface area contributed by atoms with Crippen LogP contribution in [0.1, 0.15) is 39.8 Å². The quantitative estimate of drug-likeness (QED) is 0.631. The maximum absolute atomic E-state index is 12.2. The van der Waals surface area contributed by atoms with Crippen LogP contribution < -0.4 is 10.6 Å². The highest BCUT2D eigenvalue weighted by atomic mass is 32.2. The normalized spacial score (nSPS) is 19.9. The lowest BCUT2D eigenvalue weighted by molar-refractivity contribution is -0.192. The van der Waals surface area contributed by atoms with Crippen LogP contribution in [0, 0.1) is 5.92 Å². The van der Waals surface area contributed by atoms with Gasteiger partial charge < -0.3 is 15.7 Å². The van der Waals surface area contributed by atoms with Gasteiger partial charge in [-0.25, -0.2) is 4.79 Å². The first-order chi connectivity index (χ1) is 13.8. The highest BCUT2D eigenvalue weighted by Gasteiger charge is 2.38. The zero-order valence-electron chi connectivity index (χ0n) is 15.8. The molecular weight excluding hydrogens is 425 g/mol. The molecule has 1 aromatic carbocycles. The number of carboxylic acids is 1. The van der Waals surface area contributed by atoms with Crippen LogP contribution in [-0.4, -0.2) is 54.3 Å². The summed E-state index contributed by atoms with van der Waals surface area (Å²) >= 11 is 3.99. The van der Waals surface area contributed by atoms with Gasteiger partial charge >= 0.3 is 12.1 Å². The Morgan fingerprint density at radius 2 is 1.79 bits per heavy atom. The van der Waals surface area contributed by atoms with Crippen LogP contribution in [0.25, 0.3) is 0 Å². The number of carbonyl (C=O) groups excluding carboxylic acids is 1. The molecule has 1 atom stereocenters. The van der Waals surface area contributed by atoms with Gasteiger partial charge in [0.2, 0.25) is 0 Å². The largest absolute Gasteiger partial charge is 0.490 e. The van der Waals surface area contributed by atoms with Crippen molar-refractivity contribution in [2.24, 2.45) is 5.92 Å². The fourth-order valence-corrected chi connectivity index (χ4v) is 5.86. The monoisotopic (exact) mass is 450 g/mol. The molecule has 0 saturated carbocycles. The van der Waals surface area contributed by atoms with Gasteiger partial charge in [0.15, 0.2) is 0 Å². The van der Waals surface area contributed by atoms with Crippen molar-refractivity contribution in [3.8, 4) is 0 Å². The predicted octanol–water partition coefficient (Wildman–Crippen LogP) is 3.92. The van der Waals surface area contributed by atoms with Crippen LogP contribution >= 0.6 is 23.5 Å². The van der Waals surface area contributed by atoms with Gasteiger partial charge in [0.1, 0.15) is 0 Å². The molecule has 2 heterocycles. The molecule has 2 aliphatic heterocycles. The van der Waals surface area contributed by atoms with Crippen LogP contribution in [0.2, 0.25) is 0 Å². The molecule has 0 radical (unpaired) electrons. The zero-order valence-corrected chi connectivity index (χ0v) is 17.5. The van der Waals surface area contributed by atoms with Crippen LogP contribution in [0.15, 0.2) is 24.3 Å². The van der Waals surface area contributed by atoms with E-state index in [9.17, 15) is 18.0 Å². The molecule has 0 bridgehead atoms. The Balaban J connectivity index is 0.000000370. The zero-order chi connectivity index (χ0) is 21.3. The van der Waals surface area contributed by atoms with Gasteiger partial charge in [-0.15, -0.1) is 23.5 Å². The fourth-order valence-electron chi connectivity index (χ4n) is 3.00. The van der Waals surface area contributed by atoms with E-state index >= 15 is 0 Å². The molecule has 162 valence electrons. The Morgan fingerprint density at radius 3 is 2.31 bits per heavy atom. The number of carboxylic acid groups (broad SMARTS) is 1. The molecule has 1 unspecified atom stereocenters. The number of rotatable bonds is 5. The molecule has 2 aliphatic rings. The van der Waals surface area contributed by atoms with Gasteiger partial charge in [0.25, 0.3) is 5.91 Å². The standard InChI is InChI=1S/C17H24N2OS2.C2HF3O2/c20-16(19-9-7-13-2-1-8-18-12-13)14-3-5-15(6-4-14)17-21-10-11-22-17;3-2(4,5)1(6)7/h3-6,13,17-18H,1-2,7-12H2,(H,19,20);(H,6,7). The molecule has 29 heavy (non-hydrogen) atoms. The number of aliphatic carboxylic acids is 1. The van der Waals surface area contributed by atoms with E-state index in [1.54, 1.807) is 0 Å². The van der Waals surface area contributed by atoms with E-state index in [4.69, 9.17) is 9.90 Å². The van der Waals surface area contributed by atoms with Crippen LogP contribution in [-0.2, 0) is 4.79 Å². The van der Waals surface area contributed by atoms with E-state index < -0.39 is 12.1 Å². The van der Waals surface area contributed by atoms with E-state index in [0.717, 1.165) is 31.6 Å². The number of hydrogen-bond acceptors (Lipinski definition) is 5. The molecule has 0 aliphatic carbocycles. The Labute approximate surface area is 176 Å². The summed E-state index contributed by atoms with van der Waals surface area (Å²) in [5.41, 5.74) is 2.11. The highest BCUT2D eigenvalue weighted by molar-refractivity contribution is 8.19. The van der Waals surface area contributed by atoms with E-state index in [0.29, 0.717) is 10.5 Å². The third-order valence-corrected chi connectivity index (χ3v) is 7.65. The summed E-state index contributed by atoms with van der Waals surface area (Å²) in [5.74, 6) is 0.476. The molecule has 3 rings (SSSR count). The molecule has 1 aromatic rings. The van der Waals surface area contributed by atoms with Gasteiger partial charge in [-0.2, -0.15) is 13.2 Å². The molecule has 10 heteroatoms. The number of piperidine rings is 1. The lowest BCUT2D eigenvalue weighted by Crippen LogP contribution is -2.33. The minimum Gasteiger partial charge on any atom is -0.475 e. The van der Waals surface area contributed by atoms with Crippen molar-refractivity contribution in [3.63, 3.8) is 0 Å². The Kier molecular flexibility index (Phi) is 9.64. The number of nitrogens with one attached hydrogen (secondary N) is 2. The number of carbonyl (C=O) groups is 2. The van der Waals surface area contributed by atoms with Crippen molar-refractivity contribution in [1.29, 1.82) is 0 Å². The van der Waals surface area contributed by atoms with E-state index in [1.165, 1.54) is 29.9 Å². The molecule has 0 spiro atoms. The SMILES string of the molecule is O=C(NCCC1CCCNC1)c1ccc(C2SCCS2)cc1.O=C(O)C(F)(F)F. The maximum Gasteiger partial charge on any atom is 0.490 e. The summed E-state index contributed by atoms with van der Waals surface area (Å²) in [5, 5.41) is 13.6. The topological polar surface area (TPSA) is 78.4 Å². The first-order valence-electron chi connectivity index (χ1n) is 9.39. The Morgan fingerprint density at radius 1 is 1.17 bits per heavy atom. The minimum atomic E-state index is -5.08. The molecule has 2 fully saturated rings. The second kappa shape index (κ2) is 11.7. The number of thioether (sulfide) groups is 2. The number of hydrogen-bond donors (Lipinski definition) is 3. The van der Waals surface area contributed by atoms with Crippen molar-refractivity contribution < 1.29 is 27.9 Å². The molecule has 2 saturated heterocycles. The van der Waals surface area contributed by atoms with Crippen molar-refractivity contribution in [2.75, 3.05) is 31.1 Å². The van der Waals surface area contributed by atoms with Crippen molar-refractivity contribution in [3.05, 3.63) is 35.4 Å². The first-order valence-corrected chi connectivity index (χ1v) is 11.5. The average Bonchev–Trinajstić information content (AvgIpc) is 3.23. The van der Waals surface area contributed by atoms with Gasteiger partial charge in [0, 0.05) is 23.6 Å². The number of halogens is 3. The third-order valence-electron chi connectivity index (χ3n) is 4.55. The Hall–Kier alpha value is -1.39. The predicted molar refractivity (Wildman–Crippen MR) is 110 cm³/mol. The summed E-state index contributed by atoms with van der Waals surface area (Å²) in [4.78, 5) is 21.1. The minimum absolute atomic E-state index is 0.0575. The van der Waals surface area contributed by atoms with E-state index in [2.05, 4.69) is 22.8 Å². The second-order valence-electron chi connectivity index (χ2n) is 6.76. The summed E-state index contributed by atoms with van der Waals surface area (Å²) < 4.78 is 32.3. The van der Waals surface area contributed by atoms with E-state index in [-0.39, 0.29) is 5.91 Å². The summed E-state index contributed by atoms with van der Waals surface area (Å²) in [6.07, 6.45) is -1.46. The Bertz CT molecular complexity index is 660. The van der Waals surface area contributed by atoms with Gasteiger partial charge in [-0.05, 0) is 56.0 Å². The summed E-state index contributed by atoms with van der Waals surface area (Å²) in [6.45, 7) is 3.02. The van der Waals surface area contributed by atoms with Gasteiger partial charge in [-0.1, -0.05) is 12.1 Å². The molecular formula is C19H25F3N2O3S2. The van der Waals surface area contributed by atoms with Crippen LogP contribution in [0.4, 0.5) is 13.2 Å². The number of amides is 1. The molecule has 5 nitrogen and oxygen atoms in total. The fraction of sp³-hybridized carbons (Fsp3) is 0.579. The van der Waals surface area contributed by atoms with Gasteiger partial charge in [0.05, 0.1) is 4.58 Å². The summed E-state index contributed by atoms with van der Waals surface area (Å²) in [6, 6.07) is 8.14. The maximum atomic E-state index is 12.2. The molecule has 3 N–H and O–H groups in total. The smallest absolute Gasteiger partial charge is 0.475 e. The number of alkyl halides is 3. The lowest BCUT2D eigenvalue weighted by Gasteiger charge is -2.22. The third kappa shape index (κ3) is 8.47. The molecule has 1 amide bonds.